The van der Waals surface area contributed by atoms with Crippen LogP contribution in [-0.4, -0.2) is 23.1 Å². The molecule has 0 atom stereocenters. The van der Waals surface area contributed by atoms with E-state index in [1.807, 2.05) is 48.5 Å². The second-order valence-corrected chi connectivity index (χ2v) is 12.3. The number of benzene rings is 4. The summed E-state index contributed by atoms with van der Waals surface area (Å²) in [6, 6.07) is 26.1. The van der Waals surface area contributed by atoms with Crippen molar-refractivity contribution in [3.8, 4) is 16.9 Å². The van der Waals surface area contributed by atoms with Gasteiger partial charge in [0.2, 0.25) is 0 Å². The summed E-state index contributed by atoms with van der Waals surface area (Å²) in [5.74, 6) is -0.655. The third kappa shape index (κ3) is 6.34. The normalized spacial score (nSPS) is 11.2. The maximum atomic E-state index is 13.3. The lowest BCUT2D eigenvalue weighted by Gasteiger charge is -2.11. The van der Waals surface area contributed by atoms with E-state index in [4.69, 9.17) is 4.74 Å². The van der Waals surface area contributed by atoms with Crippen LogP contribution in [0.3, 0.4) is 0 Å². The number of carbonyl (C=O) groups is 2. The number of nitrogens with zero attached hydrogens (tertiary/aromatic N) is 1. The van der Waals surface area contributed by atoms with Crippen LogP contribution >= 0.6 is 70.4 Å². The molecule has 0 aliphatic carbocycles. The van der Waals surface area contributed by atoms with Crippen LogP contribution in [0.15, 0.2) is 103 Å². The summed E-state index contributed by atoms with van der Waals surface area (Å²) in [7, 11) is 0. The molecule has 1 aromatic heterocycles. The minimum atomic E-state index is -0.524. The summed E-state index contributed by atoms with van der Waals surface area (Å²) in [6.45, 7) is 0. The van der Waals surface area contributed by atoms with Crippen LogP contribution in [0.1, 0.15) is 26.4 Å². The number of esters is 1. The quantitative estimate of drug-likeness (QED) is 0.0592. The minimum Gasteiger partial charge on any atom is -0.421 e. The standard InChI is InChI=1S/C29H17Br3IN3O3/c30-19-8-6-17(7-9-19)29(38)39-27-18(12-20(31)13-23(27)32)15-34-36-28(37)26-25(16-4-2-1-3-5-16)22-14-21(33)10-11-24(22)35-26/h1-15,35H,(H,36,37). The number of ether oxygens (including phenoxy) is 1. The van der Waals surface area contributed by atoms with E-state index < -0.39 is 11.9 Å². The van der Waals surface area contributed by atoms with Gasteiger partial charge in [0, 0.05) is 34.5 Å². The molecule has 4 aromatic carbocycles. The predicted molar refractivity (Wildman–Crippen MR) is 172 cm³/mol. The summed E-state index contributed by atoms with van der Waals surface area (Å²) in [6.07, 6.45) is 1.44. The second kappa shape index (κ2) is 12.2. The van der Waals surface area contributed by atoms with E-state index >= 15 is 0 Å². The zero-order chi connectivity index (χ0) is 27.5. The first-order valence-electron chi connectivity index (χ1n) is 11.5. The Balaban J connectivity index is 1.43. The number of nitrogens with one attached hydrogen (secondary N) is 2. The molecular formula is C29H17Br3IN3O3. The lowest BCUT2D eigenvalue weighted by atomic mass is 10.0. The number of halogens is 4. The average Bonchev–Trinajstić information content (AvgIpc) is 3.30. The van der Waals surface area contributed by atoms with Crippen molar-refractivity contribution in [1.29, 1.82) is 0 Å². The molecule has 6 nitrogen and oxygen atoms in total. The summed E-state index contributed by atoms with van der Waals surface area (Å²) < 4.78 is 8.90. The van der Waals surface area contributed by atoms with E-state index in [-0.39, 0.29) is 5.75 Å². The maximum Gasteiger partial charge on any atom is 0.343 e. The number of rotatable bonds is 6. The van der Waals surface area contributed by atoms with Gasteiger partial charge in [0.25, 0.3) is 5.91 Å². The number of aromatic nitrogens is 1. The van der Waals surface area contributed by atoms with E-state index in [0.29, 0.717) is 21.3 Å². The third-order valence-corrected chi connectivity index (χ3v) is 7.98. The monoisotopic (exact) mass is 819 g/mol. The van der Waals surface area contributed by atoms with Crippen molar-refractivity contribution < 1.29 is 14.3 Å². The van der Waals surface area contributed by atoms with E-state index in [0.717, 1.165) is 34.5 Å². The SMILES string of the molecule is O=C(Oc1c(Br)cc(Br)cc1C=NNC(=O)c1[nH]c2ccc(I)cc2c1-c1ccccc1)c1ccc(Br)cc1. The van der Waals surface area contributed by atoms with Crippen molar-refractivity contribution in [2.75, 3.05) is 0 Å². The van der Waals surface area contributed by atoms with Crippen molar-refractivity contribution in [2.45, 2.75) is 0 Å². The van der Waals surface area contributed by atoms with Crippen LogP contribution in [0.25, 0.3) is 22.0 Å². The molecule has 0 fully saturated rings. The molecule has 5 aromatic rings. The zero-order valence-corrected chi connectivity index (χ0v) is 26.8. The molecule has 0 bridgehead atoms. The molecule has 1 heterocycles. The first-order chi connectivity index (χ1) is 18.8. The van der Waals surface area contributed by atoms with Gasteiger partial charge in [-0.1, -0.05) is 62.2 Å². The summed E-state index contributed by atoms with van der Waals surface area (Å²) in [5, 5.41) is 5.13. The predicted octanol–water partition coefficient (Wildman–Crippen LogP) is 8.71. The highest BCUT2D eigenvalue weighted by Crippen LogP contribution is 2.34. The molecule has 194 valence electrons. The van der Waals surface area contributed by atoms with Crippen LogP contribution in [0.4, 0.5) is 0 Å². The number of hydrogen-bond acceptors (Lipinski definition) is 4. The van der Waals surface area contributed by atoms with Crippen molar-refractivity contribution >= 4 is 99.4 Å². The van der Waals surface area contributed by atoms with E-state index in [1.165, 1.54) is 6.21 Å². The zero-order valence-electron chi connectivity index (χ0n) is 19.8. The number of aromatic amines is 1. The van der Waals surface area contributed by atoms with Gasteiger partial charge >= 0.3 is 5.97 Å². The topological polar surface area (TPSA) is 83.5 Å². The summed E-state index contributed by atoms with van der Waals surface area (Å²) in [4.78, 5) is 29.3. The van der Waals surface area contributed by atoms with Gasteiger partial charge in [0.15, 0.2) is 5.75 Å². The fourth-order valence-corrected chi connectivity index (χ4v) is 6.07. The molecule has 5 rings (SSSR count). The third-order valence-electron chi connectivity index (χ3n) is 5.73. The van der Waals surface area contributed by atoms with Crippen LogP contribution < -0.4 is 10.2 Å². The molecule has 0 spiro atoms. The van der Waals surface area contributed by atoms with Gasteiger partial charge in [-0.3, -0.25) is 4.79 Å². The molecule has 10 heteroatoms. The van der Waals surface area contributed by atoms with Gasteiger partial charge < -0.3 is 9.72 Å². The van der Waals surface area contributed by atoms with E-state index in [2.05, 4.69) is 85.9 Å². The second-order valence-electron chi connectivity index (χ2n) is 8.33. The molecular weight excluding hydrogens is 805 g/mol. The average molecular weight is 822 g/mol. The van der Waals surface area contributed by atoms with Crippen LogP contribution in [-0.2, 0) is 0 Å². The largest absolute Gasteiger partial charge is 0.421 e. The van der Waals surface area contributed by atoms with Crippen molar-refractivity contribution in [3.63, 3.8) is 0 Å². The molecule has 0 aliphatic heterocycles. The highest BCUT2D eigenvalue weighted by atomic mass is 127. The number of hydrogen-bond donors (Lipinski definition) is 2. The first-order valence-corrected chi connectivity index (χ1v) is 14.9. The van der Waals surface area contributed by atoms with Gasteiger partial charge in [0.05, 0.1) is 16.3 Å². The number of carbonyl (C=O) groups excluding carboxylic acids is 2. The van der Waals surface area contributed by atoms with Gasteiger partial charge in [-0.2, -0.15) is 5.10 Å². The summed E-state index contributed by atoms with van der Waals surface area (Å²) >= 11 is 12.5. The lowest BCUT2D eigenvalue weighted by molar-refractivity contribution is 0.0733. The Bertz CT molecular complexity index is 1740. The van der Waals surface area contributed by atoms with E-state index in [9.17, 15) is 9.59 Å². The highest BCUT2D eigenvalue weighted by molar-refractivity contribution is 14.1. The smallest absolute Gasteiger partial charge is 0.343 e. The Morgan fingerprint density at radius 2 is 1.64 bits per heavy atom. The Labute approximate surface area is 262 Å². The molecule has 2 N–H and O–H groups in total. The molecule has 0 unspecified atom stereocenters. The van der Waals surface area contributed by atoms with Crippen LogP contribution in [0.5, 0.6) is 5.75 Å². The Morgan fingerprint density at radius 1 is 0.897 bits per heavy atom. The van der Waals surface area contributed by atoms with E-state index in [1.54, 1.807) is 36.4 Å². The van der Waals surface area contributed by atoms with Crippen LogP contribution in [0, 0.1) is 3.57 Å². The fourth-order valence-electron chi connectivity index (χ4n) is 3.98. The Kier molecular flexibility index (Phi) is 8.65. The molecule has 0 saturated carbocycles. The summed E-state index contributed by atoms with van der Waals surface area (Å²) in [5.41, 5.74) is 6.45. The molecule has 0 aliphatic rings. The lowest BCUT2D eigenvalue weighted by Crippen LogP contribution is -2.19. The van der Waals surface area contributed by atoms with Crippen molar-refractivity contribution in [1.82, 2.24) is 10.4 Å². The number of hydrazone groups is 1. The molecule has 0 saturated heterocycles. The number of H-pyrrole nitrogens is 1. The number of amides is 1. The minimum absolute atomic E-state index is 0.272. The van der Waals surface area contributed by atoms with Crippen molar-refractivity contribution in [3.05, 3.63) is 119 Å². The van der Waals surface area contributed by atoms with Gasteiger partial charge in [-0.15, -0.1) is 0 Å². The van der Waals surface area contributed by atoms with Crippen LogP contribution in [0.2, 0.25) is 0 Å². The highest BCUT2D eigenvalue weighted by Gasteiger charge is 2.20. The first kappa shape index (κ1) is 27.8. The molecule has 39 heavy (non-hydrogen) atoms. The maximum absolute atomic E-state index is 13.3. The number of fused-ring (bicyclic) bond motifs is 1. The van der Waals surface area contributed by atoms with Gasteiger partial charge in [0.1, 0.15) is 5.69 Å². The Morgan fingerprint density at radius 3 is 2.38 bits per heavy atom. The van der Waals surface area contributed by atoms with Gasteiger partial charge in [-0.05, 0) is 98.7 Å². The molecule has 1 amide bonds. The van der Waals surface area contributed by atoms with Crippen molar-refractivity contribution in [2.24, 2.45) is 5.10 Å². The molecule has 0 radical (unpaired) electrons. The fraction of sp³-hybridized carbons (Fsp3) is 0. The Hall–Kier alpha value is -2.80. The van der Waals surface area contributed by atoms with Gasteiger partial charge in [-0.25, -0.2) is 10.2 Å².